The molecular weight excluding hydrogens is 362 g/mol. The highest BCUT2D eigenvalue weighted by atomic mass is 15.4. The molecule has 29 heavy (non-hydrogen) atoms. The van der Waals surface area contributed by atoms with Crippen LogP contribution in [0.5, 0.6) is 0 Å². The van der Waals surface area contributed by atoms with Crippen molar-refractivity contribution in [1.29, 1.82) is 0 Å². The van der Waals surface area contributed by atoms with Crippen molar-refractivity contribution in [2.75, 3.05) is 56.1 Å². The van der Waals surface area contributed by atoms with Crippen molar-refractivity contribution in [3.8, 4) is 0 Å². The van der Waals surface area contributed by atoms with E-state index in [2.05, 4.69) is 65.9 Å². The van der Waals surface area contributed by atoms with Crippen LogP contribution >= 0.6 is 0 Å². The lowest BCUT2D eigenvalue weighted by molar-refractivity contribution is 0.311. The Morgan fingerprint density at radius 2 is 1.66 bits per heavy atom. The molecule has 1 aliphatic heterocycles. The lowest BCUT2D eigenvalue weighted by Gasteiger charge is -2.34. The second kappa shape index (κ2) is 8.78. The van der Waals surface area contributed by atoms with Gasteiger partial charge in [-0.3, -0.25) is 0 Å². The van der Waals surface area contributed by atoms with E-state index in [0.29, 0.717) is 5.78 Å². The van der Waals surface area contributed by atoms with Gasteiger partial charge in [0, 0.05) is 51.8 Å². The first-order valence-electron chi connectivity index (χ1n) is 10.7. The minimum absolute atomic E-state index is 0.700. The lowest BCUT2D eigenvalue weighted by Crippen LogP contribution is -2.45. The summed E-state index contributed by atoms with van der Waals surface area (Å²) < 4.78 is 1.94. The SMILES string of the molecule is CCN(CC)c1cc(N2CCN(C)CC2)n2nc(CCc3ccccc3)nc2n1. The molecule has 3 heterocycles. The predicted octanol–water partition coefficient (Wildman–Crippen LogP) is 2.51. The fraction of sp³-hybridized carbons (Fsp3) is 0.500. The van der Waals surface area contributed by atoms with E-state index in [1.54, 1.807) is 0 Å². The summed E-state index contributed by atoms with van der Waals surface area (Å²) in [6.45, 7) is 10.3. The molecule has 0 spiro atoms. The van der Waals surface area contributed by atoms with Crippen LogP contribution in [0.3, 0.4) is 0 Å². The molecule has 0 atom stereocenters. The Hall–Kier alpha value is -2.67. The number of aryl methyl sites for hydroxylation is 2. The van der Waals surface area contributed by atoms with Crippen LogP contribution in [-0.4, -0.2) is 70.8 Å². The van der Waals surface area contributed by atoms with E-state index < -0.39 is 0 Å². The van der Waals surface area contributed by atoms with Crippen LogP contribution in [0.1, 0.15) is 25.2 Å². The number of nitrogens with zero attached hydrogens (tertiary/aromatic N) is 7. The van der Waals surface area contributed by atoms with Gasteiger partial charge in [0.2, 0.25) is 0 Å². The average Bonchev–Trinajstić information content (AvgIpc) is 3.17. The first-order valence-corrected chi connectivity index (χ1v) is 10.7. The molecule has 1 fully saturated rings. The first-order chi connectivity index (χ1) is 14.2. The monoisotopic (exact) mass is 393 g/mol. The highest BCUT2D eigenvalue weighted by Gasteiger charge is 2.21. The molecular formula is C22H31N7. The van der Waals surface area contributed by atoms with E-state index in [1.165, 1.54) is 5.56 Å². The Morgan fingerprint density at radius 1 is 0.931 bits per heavy atom. The summed E-state index contributed by atoms with van der Waals surface area (Å²) in [6.07, 6.45) is 1.75. The Bertz CT molecular complexity index is 925. The number of hydrogen-bond acceptors (Lipinski definition) is 6. The third-order valence-corrected chi connectivity index (χ3v) is 5.72. The van der Waals surface area contributed by atoms with Crippen LogP contribution in [0.15, 0.2) is 36.4 Å². The van der Waals surface area contributed by atoms with E-state index in [4.69, 9.17) is 15.1 Å². The summed E-state index contributed by atoms with van der Waals surface area (Å²) in [5.41, 5.74) is 1.31. The van der Waals surface area contributed by atoms with Crippen molar-refractivity contribution in [2.45, 2.75) is 26.7 Å². The van der Waals surface area contributed by atoms with Gasteiger partial charge in [-0.2, -0.15) is 14.5 Å². The van der Waals surface area contributed by atoms with Gasteiger partial charge in [-0.15, -0.1) is 5.10 Å². The Balaban J connectivity index is 1.67. The van der Waals surface area contributed by atoms with Crippen LogP contribution in [0.25, 0.3) is 5.78 Å². The Kier molecular flexibility index (Phi) is 5.94. The van der Waals surface area contributed by atoms with Gasteiger partial charge in [-0.25, -0.2) is 0 Å². The molecule has 1 aromatic carbocycles. The zero-order chi connectivity index (χ0) is 20.2. The van der Waals surface area contributed by atoms with Gasteiger partial charge in [-0.1, -0.05) is 30.3 Å². The fourth-order valence-electron chi connectivity index (χ4n) is 3.86. The number of piperazine rings is 1. The average molecular weight is 394 g/mol. The number of benzene rings is 1. The van der Waals surface area contributed by atoms with E-state index >= 15 is 0 Å². The van der Waals surface area contributed by atoms with Crippen LogP contribution in [0, 0.1) is 0 Å². The predicted molar refractivity (Wildman–Crippen MR) is 118 cm³/mol. The molecule has 1 saturated heterocycles. The summed E-state index contributed by atoms with van der Waals surface area (Å²) >= 11 is 0. The molecule has 0 unspecified atom stereocenters. The van der Waals surface area contributed by atoms with Crippen molar-refractivity contribution in [3.63, 3.8) is 0 Å². The number of hydrogen-bond donors (Lipinski definition) is 0. The van der Waals surface area contributed by atoms with E-state index in [0.717, 1.165) is 69.6 Å². The summed E-state index contributed by atoms with van der Waals surface area (Å²) in [4.78, 5) is 16.7. The number of rotatable bonds is 7. The molecule has 7 heteroatoms. The van der Waals surface area contributed by atoms with Crippen molar-refractivity contribution in [1.82, 2.24) is 24.5 Å². The second-order valence-corrected chi connectivity index (χ2v) is 7.66. The number of anilines is 2. The zero-order valence-corrected chi connectivity index (χ0v) is 17.8. The van der Waals surface area contributed by atoms with Gasteiger partial charge in [-0.05, 0) is 32.9 Å². The van der Waals surface area contributed by atoms with Crippen molar-refractivity contribution < 1.29 is 0 Å². The normalized spacial score (nSPS) is 15.2. The molecule has 0 bridgehead atoms. The van der Waals surface area contributed by atoms with E-state index in [9.17, 15) is 0 Å². The Morgan fingerprint density at radius 3 is 2.34 bits per heavy atom. The molecule has 0 N–H and O–H groups in total. The number of likely N-dealkylation sites (N-methyl/N-ethyl adjacent to an activating group) is 1. The molecule has 0 saturated carbocycles. The summed E-state index contributed by atoms with van der Waals surface area (Å²) in [5.74, 6) is 3.64. The van der Waals surface area contributed by atoms with Crippen LogP contribution in [0.4, 0.5) is 11.6 Å². The maximum absolute atomic E-state index is 4.84. The highest BCUT2D eigenvalue weighted by molar-refractivity contribution is 5.57. The number of fused-ring (bicyclic) bond motifs is 1. The number of aromatic nitrogens is 4. The van der Waals surface area contributed by atoms with Crippen molar-refractivity contribution in [2.24, 2.45) is 0 Å². The molecule has 1 aliphatic rings. The van der Waals surface area contributed by atoms with Gasteiger partial charge in [0.1, 0.15) is 11.6 Å². The van der Waals surface area contributed by atoms with Crippen LogP contribution in [-0.2, 0) is 12.8 Å². The summed E-state index contributed by atoms with van der Waals surface area (Å²) in [6, 6.07) is 12.7. The van der Waals surface area contributed by atoms with Gasteiger partial charge in [0.05, 0.1) is 0 Å². The van der Waals surface area contributed by atoms with Gasteiger partial charge in [0.15, 0.2) is 5.82 Å². The molecule has 0 radical (unpaired) electrons. The van der Waals surface area contributed by atoms with Crippen molar-refractivity contribution >= 4 is 17.4 Å². The van der Waals surface area contributed by atoms with Gasteiger partial charge < -0.3 is 14.7 Å². The molecule has 154 valence electrons. The third kappa shape index (κ3) is 4.34. The summed E-state index contributed by atoms with van der Waals surface area (Å²) in [7, 11) is 2.18. The molecule has 4 rings (SSSR count). The van der Waals surface area contributed by atoms with Gasteiger partial charge >= 0.3 is 0 Å². The third-order valence-electron chi connectivity index (χ3n) is 5.72. The van der Waals surface area contributed by atoms with Crippen LogP contribution < -0.4 is 9.80 Å². The fourth-order valence-corrected chi connectivity index (χ4v) is 3.86. The minimum Gasteiger partial charge on any atom is -0.357 e. The quantitative estimate of drug-likeness (QED) is 0.615. The Labute approximate surface area is 173 Å². The molecule has 2 aromatic heterocycles. The zero-order valence-electron chi connectivity index (χ0n) is 17.8. The maximum atomic E-state index is 4.84. The van der Waals surface area contributed by atoms with E-state index in [-0.39, 0.29) is 0 Å². The largest absolute Gasteiger partial charge is 0.357 e. The highest BCUT2D eigenvalue weighted by Crippen LogP contribution is 2.23. The van der Waals surface area contributed by atoms with Crippen LogP contribution in [0.2, 0.25) is 0 Å². The topological polar surface area (TPSA) is 52.8 Å². The lowest BCUT2D eigenvalue weighted by atomic mass is 10.1. The smallest absolute Gasteiger partial charge is 0.256 e. The van der Waals surface area contributed by atoms with Gasteiger partial charge in [0.25, 0.3) is 5.78 Å². The second-order valence-electron chi connectivity index (χ2n) is 7.66. The molecule has 3 aromatic rings. The molecule has 0 aliphatic carbocycles. The maximum Gasteiger partial charge on any atom is 0.256 e. The van der Waals surface area contributed by atoms with E-state index in [1.807, 2.05) is 10.6 Å². The minimum atomic E-state index is 0.700. The first kappa shape index (κ1) is 19.6. The standard InChI is InChI=1S/C22H31N7/c1-4-27(5-2)20-17-21(28-15-13-26(3)14-16-28)29-22(24-20)23-19(25-29)12-11-18-9-7-6-8-10-18/h6-10,17H,4-5,11-16H2,1-3H3. The molecule has 0 amide bonds. The summed E-state index contributed by atoms with van der Waals surface area (Å²) in [5, 5.41) is 4.84. The molecule has 7 nitrogen and oxygen atoms in total. The van der Waals surface area contributed by atoms with Crippen molar-refractivity contribution in [3.05, 3.63) is 47.8 Å².